The van der Waals surface area contributed by atoms with Gasteiger partial charge < -0.3 is 10.6 Å². The fourth-order valence-corrected chi connectivity index (χ4v) is 3.07. The molecule has 0 atom stereocenters. The summed E-state index contributed by atoms with van der Waals surface area (Å²) in [6.45, 7) is 0.771. The molecule has 1 aromatic carbocycles. The van der Waals surface area contributed by atoms with Gasteiger partial charge in [-0.2, -0.15) is 0 Å². The molecular weight excluding hydrogens is 244 g/mol. The van der Waals surface area contributed by atoms with Crippen LogP contribution in [-0.4, -0.2) is 12.5 Å². The van der Waals surface area contributed by atoms with Gasteiger partial charge in [0, 0.05) is 17.9 Å². The van der Waals surface area contributed by atoms with Crippen molar-refractivity contribution in [3.8, 4) is 0 Å². The van der Waals surface area contributed by atoms with Gasteiger partial charge in [0.15, 0.2) is 0 Å². The van der Waals surface area contributed by atoms with Crippen molar-refractivity contribution in [3.63, 3.8) is 0 Å². The minimum absolute atomic E-state index is 0.0801. The van der Waals surface area contributed by atoms with Crippen molar-refractivity contribution in [1.82, 2.24) is 0 Å². The monoisotopic (exact) mass is 258 g/mol. The maximum Gasteiger partial charge on any atom is 0.268 e. The topological polar surface area (TPSA) is 46.3 Å². The lowest BCUT2D eigenvalue weighted by molar-refractivity contribution is 0.0989. The summed E-state index contributed by atoms with van der Waals surface area (Å²) in [6.07, 6.45) is 1.93. The number of hydrogen-bond acceptors (Lipinski definition) is 3. The molecule has 3 nitrogen and oxygen atoms in total. The lowest BCUT2D eigenvalue weighted by Gasteiger charge is -2.29. The first-order chi connectivity index (χ1) is 8.77. The van der Waals surface area contributed by atoms with Gasteiger partial charge in [0.25, 0.3) is 5.91 Å². The van der Waals surface area contributed by atoms with Gasteiger partial charge in [0.05, 0.1) is 4.88 Å². The van der Waals surface area contributed by atoms with Crippen LogP contribution in [0.2, 0.25) is 0 Å². The maximum absolute atomic E-state index is 12.4. The van der Waals surface area contributed by atoms with Gasteiger partial charge in [0.1, 0.15) is 0 Å². The summed E-state index contributed by atoms with van der Waals surface area (Å²) in [6, 6.07) is 9.57. The summed E-state index contributed by atoms with van der Waals surface area (Å²) < 4.78 is 0. The molecule has 1 amide bonds. The quantitative estimate of drug-likeness (QED) is 0.799. The third-order valence-corrected chi connectivity index (χ3v) is 4.12. The van der Waals surface area contributed by atoms with Crippen LogP contribution in [0, 0.1) is 0 Å². The first-order valence-corrected chi connectivity index (χ1v) is 6.88. The molecule has 1 aliphatic rings. The number of anilines is 2. The molecule has 0 fully saturated rings. The number of amides is 1. The van der Waals surface area contributed by atoms with Gasteiger partial charge in [0.2, 0.25) is 0 Å². The highest BCUT2D eigenvalue weighted by molar-refractivity contribution is 7.12. The van der Waals surface area contributed by atoms with Crippen LogP contribution < -0.4 is 10.6 Å². The number of nitrogens with zero attached hydrogens (tertiary/aromatic N) is 1. The van der Waals surface area contributed by atoms with Crippen LogP contribution in [0.3, 0.4) is 0 Å². The minimum atomic E-state index is 0.0801. The molecule has 92 valence electrons. The van der Waals surface area contributed by atoms with E-state index in [0.717, 1.165) is 41.2 Å². The van der Waals surface area contributed by atoms with E-state index in [0.29, 0.717) is 0 Å². The van der Waals surface area contributed by atoms with Crippen molar-refractivity contribution >= 4 is 28.6 Å². The Labute approximate surface area is 110 Å². The molecule has 0 saturated carbocycles. The highest BCUT2D eigenvalue weighted by Gasteiger charge is 2.24. The molecular formula is C14H14N2OS. The summed E-state index contributed by atoms with van der Waals surface area (Å²) in [5.74, 6) is 0.0801. The Hall–Kier alpha value is -1.81. The predicted octanol–water partition coefficient (Wildman–Crippen LogP) is 2.92. The Morgan fingerprint density at radius 2 is 2.17 bits per heavy atom. The molecule has 4 heteroatoms. The molecule has 1 aromatic heterocycles. The Morgan fingerprint density at radius 1 is 1.28 bits per heavy atom. The summed E-state index contributed by atoms with van der Waals surface area (Å²) in [5, 5.41) is 1.93. The zero-order valence-electron chi connectivity index (χ0n) is 9.93. The number of nitrogens with two attached hydrogens (primary N) is 1. The van der Waals surface area contributed by atoms with Crippen LogP contribution in [0.1, 0.15) is 21.7 Å². The van der Waals surface area contributed by atoms with Crippen LogP contribution >= 0.6 is 11.3 Å². The van der Waals surface area contributed by atoms with E-state index >= 15 is 0 Å². The molecule has 2 heterocycles. The fraction of sp³-hybridized carbons (Fsp3) is 0.214. The summed E-state index contributed by atoms with van der Waals surface area (Å²) >= 11 is 1.48. The Bertz CT molecular complexity index is 577. The van der Waals surface area contributed by atoms with E-state index < -0.39 is 0 Å². The summed E-state index contributed by atoms with van der Waals surface area (Å²) in [7, 11) is 0. The van der Waals surface area contributed by atoms with Crippen molar-refractivity contribution in [2.75, 3.05) is 17.2 Å². The SMILES string of the molecule is Nc1cccc2c1CCCN2C(=O)c1cccs1. The fourth-order valence-electron chi connectivity index (χ4n) is 2.40. The van der Waals surface area contributed by atoms with E-state index in [4.69, 9.17) is 5.73 Å². The van der Waals surface area contributed by atoms with Gasteiger partial charge in [-0.25, -0.2) is 0 Å². The number of fused-ring (bicyclic) bond motifs is 1. The number of nitrogen functional groups attached to an aromatic ring is 1. The number of rotatable bonds is 1. The van der Waals surface area contributed by atoms with Crippen molar-refractivity contribution < 1.29 is 4.79 Å². The van der Waals surface area contributed by atoms with E-state index in [1.54, 1.807) is 0 Å². The molecule has 0 radical (unpaired) electrons. The van der Waals surface area contributed by atoms with Gasteiger partial charge >= 0.3 is 0 Å². The molecule has 2 aromatic rings. The standard InChI is InChI=1S/C14H14N2OS/c15-11-5-1-6-12-10(11)4-2-8-16(12)14(17)13-7-3-9-18-13/h1,3,5-7,9H,2,4,8,15H2. The number of carbonyl (C=O) groups is 1. The van der Waals surface area contributed by atoms with E-state index in [9.17, 15) is 4.79 Å². The zero-order valence-corrected chi connectivity index (χ0v) is 10.7. The van der Waals surface area contributed by atoms with Gasteiger partial charge in [-0.3, -0.25) is 4.79 Å². The largest absolute Gasteiger partial charge is 0.398 e. The number of benzene rings is 1. The number of thiophene rings is 1. The van der Waals surface area contributed by atoms with Gasteiger partial charge in [-0.15, -0.1) is 11.3 Å². The normalized spacial score (nSPS) is 14.3. The second kappa shape index (κ2) is 4.46. The summed E-state index contributed by atoms with van der Waals surface area (Å²) in [5.41, 5.74) is 8.85. The molecule has 0 bridgehead atoms. The molecule has 0 saturated heterocycles. The molecule has 3 rings (SSSR count). The van der Waals surface area contributed by atoms with Crippen LogP contribution in [0.5, 0.6) is 0 Å². The third-order valence-electron chi connectivity index (χ3n) is 3.26. The predicted molar refractivity (Wildman–Crippen MR) is 75.2 cm³/mol. The van der Waals surface area contributed by atoms with Crippen LogP contribution in [0.4, 0.5) is 11.4 Å². The lowest BCUT2D eigenvalue weighted by atomic mass is 10.00. The second-order valence-electron chi connectivity index (χ2n) is 4.38. The lowest BCUT2D eigenvalue weighted by Crippen LogP contribution is -2.35. The summed E-state index contributed by atoms with van der Waals surface area (Å²) in [4.78, 5) is 15.1. The van der Waals surface area contributed by atoms with Crippen molar-refractivity contribution in [2.24, 2.45) is 0 Å². The van der Waals surface area contributed by atoms with E-state index in [-0.39, 0.29) is 5.91 Å². The average Bonchev–Trinajstić information content (AvgIpc) is 2.92. The van der Waals surface area contributed by atoms with E-state index in [1.807, 2.05) is 40.6 Å². The molecule has 1 aliphatic heterocycles. The zero-order chi connectivity index (χ0) is 12.5. The molecule has 0 spiro atoms. The van der Waals surface area contributed by atoms with Crippen LogP contribution in [0.25, 0.3) is 0 Å². The highest BCUT2D eigenvalue weighted by atomic mass is 32.1. The van der Waals surface area contributed by atoms with Gasteiger partial charge in [-0.1, -0.05) is 12.1 Å². The average molecular weight is 258 g/mol. The Kier molecular flexibility index (Phi) is 2.80. The van der Waals surface area contributed by atoms with Gasteiger partial charge in [-0.05, 0) is 42.0 Å². The second-order valence-corrected chi connectivity index (χ2v) is 5.33. The highest BCUT2D eigenvalue weighted by Crippen LogP contribution is 2.32. The van der Waals surface area contributed by atoms with Crippen molar-refractivity contribution in [2.45, 2.75) is 12.8 Å². The first-order valence-electron chi connectivity index (χ1n) is 6.00. The number of carbonyl (C=O) groups excluding carboxylic acids is 1. The first kappa shape index (κ1) is 11.3. The van der Waals surface area contributed by atoms with Crippen molar-refractivity contribution in [1.29, 1.82) is 0 Å². The van der Waals surface area contributed by atoms with Crippen LogP contribution in [0.15, 0.2) is 35.7 Å². The molecule has 0 aliphatic carbocycles. The smallest absolute Gasteiger partial charge is 0.268 e. The van der Waals surface area contributed by atoms with E-state index in [2.05, 4.69) is 0 Å². The number of hydrogen-bond donors (Lipinski definition) is 1. The van der Waals surface area contributed by atoms with Crippen molar-refractivity contribution in [3.05, 3.63) is 46.2 Å². The molecule has 18 heavy (non-hydrogen) atoms. The Morgan fingerprint density at radius 3 is 2.94 bits per heavy atom. The molecule has 0 unspecified atom stereocenters. The maximum atomic E-state index is 12.4. The molecule has 2 N–H and O–H groups in total. The Balaban J connectivity index is 2.02. The van der Waals surface area contributed by atoms with Crippen LogP contribution in [-0.2, 0) is 6.42 Å². The minimum Gasteiger partial charge on any atom is -0.398 e. The van der Waals surface area contributed by atoms with E-state index in [1.165, 1.54) is 11.3 Å². The third kappa shape index (κ3) is 1.78.